The number of likely N-dealkylation sites (tertiary alicyclic amines) is 2. The van der Waals surface area contributed by atoms with Crippen LogP contribution in [0.2, 0.25) is 25.7 Å². The Hall–Kier alpha value is -2.43. The predicted molar refractivity (Wildman–Crippen MR) is 254 cm³/mol. The molecular formula is C39H56ClIN12OS3Si. The highest BCUT2D eigenvalue weighted by atomic mass is 127. The minimum Gasteiger partial charge on any atom is -0.361 e. The molecule has 6 aromatic heterocycles. The van der Waals surface area contributed by atoms with Gasteiger partial charge in [0, 0.05) is 40.2 Å². The first-order valence-electron chi connectivity index (χ1n) is 19.9. The Morgan fingerprint density at radius 1 is 0.828 bits per heavy atom. The maximum Gasteiger partial charge on any atom is 0.181 e. The molecule has 6 aromatic rings. The molecular weight excluding hydrogens is 939 g/mol. The quantitative estimate of drug-likeness (QED) is 0.0368. The largest absolute Gasteiger partial charge is 0.361 e. The zero-order chi connectivity index (χ0) is 39.9. The highest BCUT2D eigenvalue weighted by Gasteiger charge is 2.22. The molecule has 0 radical (unpaired) electrons. The number of imidazole rings is 2. The Morgan fingerprint density at radius 3 is 2.12 bits per heavy atom. The fraction of sp³-hybridized carbons (Fsp3) is 0.538. The van der Waals surface area contributed by atoms with E-state index in [0.29, 0.717) is 6.73 Å². The second kappa shape index (κ2) is 20.9. The van der Waals surface area contributed by atoms with E-state index in [4.69, 9.17) is 14.1 Å². The van der Waals surface area contributed by atoms with Crippen molar-refractivity contribution in [3.05, 3.63) is 63.4 Å². The molecule has 314 valence electrons. The summed E-state index contributed by atoms with van der Waals surface area (Å²) in [4.78, 5) is 25.8. The number of aryl methyl sites for hydroxylation is 2. The molecule has 2 aliphatic heterocycles. The van der Waals surface area contributed by atoms with Gasteiger partial charge in [0.15, 0.2) is 22.9 Å². The van der Waals surface area contributed by atoms with E-state index < -0.39 is 8.07 Å². The highest BCUT2D eigenvalue weighted by Crippen LogP contribution is 2.33. The third kappa shape index (κ3) is 11.9. The third-order valence-electron chi connectivity index (χ3n) is 10.1. The Balaban J connectivity index is 0.000000198. The average Bonchev–Trinajstić information content (AvgIpc) is 4.00. The number of aromatic nitrogens is 8. The summed E-state index contributed by atoms with van der Waals surface area (Å²) < 4.78 is 20.8. The summed E-state index contributed by atoms with van der Waals surface area (Å²) in [6.45, 7) is 18.9. The number of rotatable bonds is 14. The second-order valence-corrected chi connectivity index (χ2v) is 25.3. The highest BCUT2D eigenvalue weighted by molar-refractivity contribution is 14.1. The summed E-state index contributed by atoms with van der Waals surface area (Å²) in [6.07, 6.45) is 17.8. The van der Waals surface area contributed by atoms with Gasteiger partial charge in [0.25, 0.3) is 0 Å². The molecule has 0 unspecified atom stereocenters. The summed E-state index contributed by atoms with van der Waals surface area (Å²) in [5.74, 6) is 1.61. The van der Waals surface area contributed by atoms with Crippen molar-refractivity contribution >= 4 is 111 Å². The SMILES string of the molecule is CSc1cnc2c(Nc3cc(CN4CCCCC4)ns3)nc(C)cn12.Cc1cn2c(I)cnc2c(N(COCC[Si](C)(C)C)c2cc(CN3CCCCC3)ns2)n1.Cl. The lowest BCUT2D eigenvalue weighted by molar-refractivity contribution is 0.153. The number of fused-ring (bicyclic) bond motifs is 2. The first kappa shape index (κ1) is 45.1. The number of nitrogens with one attached hydrogen (secondary N) is 1. The van der Waals surface area contributed by atoms with Crippen LogP contribution in [-0.4, -0.2) is 101 Å². The molecule has 0 saturated carbocycles. The number of hydrogen-bond acceptors (Lipinski definition) is 14. The third-order valence-corrected chi connectivity index (χ3v) is 14.9. The van der Waals surface area contributed by atoms with Crippen LogP contribution in [0.25, 0.3) is 11.3 Å². The minimum absolute atomic E-state index is 0. The van der Waals surface area contributed by atoms with Gasteiger partial charge < -0.3 is 10.1 Å². The van der Waals surface area contributed by atoms with Gasteiger partial charge in [-0.3, -0.25) is 23.5 Å². The first-order chi connectivity index (χ1) is 27.5. The fourth-order valence-corrected chi connectivity index (χ4v) is 10.2. The Bertz CT molecular complexity index is 2230. The van der Waals surface area contributed by atoms with Crippen molar-refractivity contribution in [2.45, 2.75) is 96.2 Å². The van der Waals surface area contributed by atoms with Crippen LogP contribution in [0.5, 0.6) is 0 Å². The van der Waals surface area contributed by atoms with E-state index in [-0.39, 0.29) is 12.4 Å². The predicted octanol–water partition coefficient (Wildman–Crippen LogP) is 9.90. The van der Waals surface area contributed by atoms with Crippen molar-refractivity contribution in [3.63, 3.8) is 0 Å². The topological polar surface area (TPSA) is 117 Å². The van der Waals surface area contributed by atoms with Gasteiger partial charge in [-0.25, -0.2) is 19.9 Å². The van der Waals surface area contributed by atoms with E-state index >= 15 is 0 Å². The van der Waals surface area contributed by atoms with Gasteiger partial charge in [0.1, 0.15) is 20.4 Å². The van der Waals surface area contributed by atoms with Crippen LogP contribution in [0.4, 0.5) is 21.6 Å². The van der Waals surface area contributed by atoms with Gasteiger partial charge in [-0.2, -0.15) is 8.75 Å². The number of hydrogen-bond donors (Lipinski definition) is 1. The lowest BCUT2D eigenvalue weighted by Crippen LogP contribution is -2.29. The summed E-state index contributed by atoms with van der Waals surface area (Å²) in [7, 11) is -1.15. The number of nitrogens with zero attached hydrogens (tertiary/aromatic N) is 11. The number of anilines is 4. The Morgan fingerprint density at radius 2 is 1.45 bits per heavy atom. The minimum atomic E-state index is -1.15. The van der Waals surface area contributed by atoms with Crippen LogP contribution in [0, 0.1) is 17.5 Å². The van der Waals surface area contributed by atoms with Crippen LogP contribution >= 0.6 is 69.8 Å². The van der Waals surface area contributed by atoms with Crippen molar-refractivity contribution < 1.29 is 4.74 Å². The molecule has 58 heavy (non-hydrogen) atoms. The van der Waals surface area contributed by atoms with Crippen LogP contribution in [0.3, 0.4) is 0 Å². The summed E-state index contributed by atoms with van der Waals surface area (Å²) in [6, 6.07) is 5.48. The lowest BCUT2D eigenvalue weighted by Gasteiger charge is -2.25. The van der Waals surface area contributed by atoms with Gasteiger partial charge in [-0.15, -0.1) is 24.2 Å². The van der Waals surface area contributed by atoms with Crippen LogP contribution in [0.1, 0.15) is 61.3 Å². The number of piperidine rings is 2. The molecule has 2 saturated heterocycles. The fourth-order valence-electron chi connectivity index (χ4n) is 7.09. The van der Waals surface area contributed by atoms with Gasteiger partial charge in [-0.1, -0.05) is 32.5 Å². The molecule has 0 aliphatic carbocycles. The van der Waals surface area contributed by atoms with Gasteiger partial charge >= 0.3 is 0 Å². The first-order valence-corrected chi connectivity index (χ1v) is 27.5. The van der Waals surface area contributed by atoms with Gasteiger partial charge in [0.2, 0.25) is 0 Å². The molecule has 0 aromatic carbocycles. The van der Waals surface area contributed by atoms with E-state index in [9.17, 15) is 0 Å². The number of ether oxygens (including phenoxy) is 1. The Labute approximate surface area is 375 Å². The van der Waals surface area contributed by atoms with Crippen molar-refractivity contribution in [3.8, 4) is 0 Å². The zero-order valence-corrected chi connectivity index (χ0v) is 40.8. The molecule has 1 N–H and O–H groups in total. The molecule has 2 fully saturated rings. The molecule has 0 atom stereocenters. The van der Waals surface area contributed by atoms with Crippen molar-refractivity contribution in [1.29, 1.82) is 0 Å². The molecule has 0 amide bonds. The van der Waals surface area contributed by atoms with E-state index in [1.54, 1.807) is 11.8 Å². The second-order valence-electron chi connectivity index (χ2n) is 16.1. The van der Waals surface area contributed by atoms with Crippen LogP contribution in [0.15, 0.2) is 41.9 Å². The molecule has 2 aliphatic rings. The lowest BCUT2D eigenvalue weighted by atomic mass is 10.1. The molecule has 8 rings (SSSR count). The van der Waals surface area contributed by atoms with E-state index in [0.717, 1.165) is 90.2 Å². The molecule has 8 heterocycles. The molecule has 0 spiro atoms. The normalized spacial score (nSPS) is 15.4. The Kier molecular flexibility index (Phi) is 16.2. The van der Waals surface area contributed by atoms with E-state index in [1.165, 1.54) is 87.8 Å². The van der Waals surface area contributed by atoms with E-state index in [1.807, 2.05) is 38.6 Å². The maximum absolute atomic E-state index is 6.19. The molecule has 0 bridgehead atoms. The summed E-state index contributed by atoms with van der Waals surface area (Å²) in [5, 5.41) is 6.60. The van der Waals surface area contributed by atoms with Crippen LogP contribution in [-0.2, 0) is 17.8 Å². The van der Waals surface area contributed by atoms with Crippen LogP contribution < -0.4 is 10.2 Å². The monoisotopic (exact) mass is 994 g/mol. The smallest absolute Gasteiger partial charge is 0.181 e. The van der Waals surface area contributed by atoms with E-state index in [2.05, 4.69) is 109 Å². The van der Waals surface area contributed by atoms with Crippen molar-refractivity contribution in [1.82, 2.24) is 47.3 Å². The van der Waals surface area contributed by atoms with Crippen molar-refractivity contribution in [2.24, 2.45) is 0 Å². The average molecular weight is 996 g/mol. The number of halogens is 2. The van der Waals surface area contributed by atoms with Gasteiger partial charge in [-0.05, 0) is 136 Å². The standard InChI is InChI=1S/C22H33IN6OSSi.C17H22N6S2.ClH/c1-17-14-28-19(23)13-24-21(28)22(25-17)29(16-30-10-11-32(2,3)4)20-12-18(26-31-20)15-27-8-6-5-7-9-27;1-12-10-23-15(24-2)9-18-17(23)16(19-12)20-14-8-13(21-25-14)11-22-6-4-3-5-7-22;/h12-14H,5-11,15-16H2,1-4H3;8-10H,3-7,11H2,1-2H3,(H,19,20);1H. The number of thioether (sulfide) groups is 1. The molecule has 13 nitrogen and oxygen atoms in total. The zero-order valence-electron chi connectivity index (χ0n) is 34.4. The molecule has 19 heteroatoms. The summed E-state index contributed by atoms with van der Waals surface area (Å²) >= 11 is 7.01. The summed E-state index contributed by atoms with van der Waals surface area (Å²) in [5.41, 5.74) is 5.86. The van der Waals surface area contributed by atoms with Gasteiger partial charge in [0.05, 0.1) is 40.2 Å². The van der Waals surface area contributed by atoms with Crippen molar-refractivity contribution in [2.75, 3.05) is 56.0 Å². The maximum atomic E-state index is 6.19.